The second-order valence-electron chi connectivity index (χ2n) is 6.07. The molecule has 6 nitrogen and oxygen atoms in total. The minimum absolute atomic E-state index is 0.308. The summed E-state index contributed by atoms with van der Waals surface area (Å²) in [5, 5.41) is 10.0. The summed E-state index contributed by atoms with van der Waals surface area (Å²) in [7, 11) is 0. The molecule has 3 heterocycles. The molecule has 2 saturated heterocycles. The lowest BCUT2D eigenvalue weighted by molar-refractivity contribution is 0.0105. The average molecular weight is 313 g/mol. The van der Waals surface area contributed by atoms with Crippen LogP contribution in [-0.4, -0.2) is 66.4 Å². The van der Waals surface area contributed by atoms with Crippen LogP contribution in [0.2, 0.25) is 0 Å². The lowest BCUT2D eigenvalue weighted by atomic mass is 10.0. The van der Waals surface area contributed by atoms with E-state index in [2.05, 4.69) is 14.8 Å². The van der Waals surface area contributed by atoms with Gasteiger partial charge < -0.3 is 14.7 Å². The Hall–Kier alpha value is -2.18. The zero-order valence-corrected chi connectivity index (χ0v) is 12.8. The number of carboxylic acid groups (broad SMARTS) is 1. The number of benzene rings is 1. The van der Waals surface area contributed by atoms with E-state index < -0.39 is 5.97 Å². The number of fused-ring (bicyclic) bond motifs is 1. The molecule has 0 unspecified atom stereocenters. The number of nitrogens with zero attached hydrogens (tertiary/aromatic N) is 3. The fraction of sp³-hybridized carbons (Fsp3) is 0.412. The largest absolute Gasteiger partial charge is 0.478 e. The molecule has 0 aliphatic carbocycles. The monoisotopic (exact) mass is 313 g/mol. The Morgan fingerprint density at radius 2 is 2.00 bits per heavy atom. The number of carbonyl (C=O) groups is 1. The molecule has 120 valence electrons. The summed E-state index contributed by atoms with van der Waals surface area (Å²) in [6.07, 6.45) is 1.55. The van der Waals surface area contributed by atoms with E-state index in [9.17, 15) is 9.90 Å². The molecular formula is C17H19N3O3. The second-order valence-corrected chi connectivity index (χ2v) is 6.07. The predicted molar refractivity (Wildman–Crippen MR) is 87.1 cm³/mol. The number of aromatic nitrogens is 1. The topological polar surface area (TPSA) is 65.9 Å². The highest BCUT2D eigenvalue weighted by Gasteiger charge is 2.32. The van der Waals surface area contributed by atoms with Crippen molar-refractivity contribution < 1.29 is 14.6 Å². The van der Waals surface area contributed by atoms with Crippen LogP contribution in [-0.2, 0) is 4.74 Å². The van der Waals surface area contributed by atoms with Gasteiger partial charge in [-0.2, -0.15) is 0 Å². The summed E-state index contributed by atoms with van der Waals surface area (Å²) in [6, 6.07) is 8.00. The number of carboxylic acids is 1. The Labute approximate surface area is 134 Å². The highest BCUT2D eigenvalue weighted by molar-refractivity contribution is 6.03. The van der Waals surface area contributed by atoms with Gasteiger partial charge in [-0.25, -0.2) is 4.79 Å². The van der Waals surface area contributed by atoms with Crippen molar-refractivity contribution in [2.45, 2.75) is 6.04 Å². The zero-order valence-electron chi connectivity index (χ0n) is 12.8. The first-order chi connectivity index (χ1) is 11.2. The highest BCUT2D eigenvalue weighted by atomic mass is 16.5. The Balaban J connectivity index is 1.54. The van der Waals surface area contributed by atoms with Crippen LogP contribution in [0.25, 0.3) is 10.9 Å². The molecule has 23 heavy (non-hydrogen) atoms. The zero-order chi connectivity index (χ0) is 15.8. The van der Waals surface area contributed by atoms with E-state index in [1.807, 2.05) is 18.2 Å². The highest BCUT2D eigenvalue weighted by Crippen LogP contribution is 2.28. The molecule has 2 aromatic rings. The van der Waals surface area contributed by atoms with Gasteiger partial charge in [-0.3, -0.25) is 9.88 Å². The number of pyridine rings is 1. The van der Waals surface area contributed by atoms with Gasteiger partial charge in [0.25, 0.3) is 0 Å². The molecule has 6 heteroatoms. The third-order valence-corrected chi connectivity index (χ3v) is 4.75. The first-order valence-electron chi connectivity index (χ1n) is 7.91. The first-order valence-corrected chi connectivity index (χ1v) is 7.91. The predicted octanol–water partition coefficient (Wildman–Crippen LogP) is 1.45. The molecule has 1 aromatic heterocycles. The minimum atomic E-state index is -0.913. The van der Waals surface area contributed by atoms with E-state index in [-0.39, 0.29) is 0 Å². The molecular weight excluding hydrogens is 294 g/mol. The Bertz CT molecular complexity index is 737. The molecule has 2 aliphatic rings. The normalized spacial score (nSPS) is 19.7. The fourth-order valence-corrected chi connectivity index (χ4v) is 3.36. The number of aromatic carboxylic acids is 1. The van der Waals surface area contributed by atoms with Crippen LogP contribution in [0.1, 0.15) is 10.4 Å². The number of morpholine rings is 1. The van der Waals surface area contributed by atoms with Crippen molar-refractivity contribution in [1.82, 2.24) is 9.88 Å². The number of hydrogen-bond donors (Lipinski definition) is 1. The summed E-state index contributed by atoms with van der Waals surface area (Å²) in [5.74, 6) is -0.913. The maximum absolute atomic E-state index is 11.4. The van der Waals surface area contributed by atoms with E-state index in [0.717, 1.165) is 50.6 Å². The van der Waals surface area contributed by atoms with Crippen molar-refractivity contribution in [2.24, 2.45) is 0 Å². The van der Waals surface area contributed by atoms with Gasteiger partial charge in [0, 0.05) is 49.5 Å². The van der Waals surface area contributed by atoms with E-state index in [1.54, 1.807) is 12.3 Å². The molecule has 0 radical (unpaired) electrons. The molecule has 0 bridgehead atoms. The molecule has 1 aromatic carbocycles. The van der Waals surface area contributed by atoms with Crippen molar-refractivity contribution in [1.29, 1.82) is 0 Å². The number of rotatable bonds is 3. The van der Waals surface area contributed by atoms with Gasteiger partial charge in [0.15, 0.2) is 0 Å². The SMILES string of the molecule is O=C(O)c1ccnc2ccc(N3CC(N4CCOCC4)C3)cc12. The molecule has 0 amide bonds. The van der Waals surface area contributed by atoms with E-state index >= 15 is 0 Å². The number of hydrogen-bond acceptors (Lipinski definition) is 5. The van der Waals surface area contributed by atoms with Gasteiger partial charge in [0.2, 0.25) is 0 Å². The molecule has 0 saturated carbocycles. The maximum atomic E-state index is 11.4. The third-order valence-electron chi connectivity index (χ3n) is 4.75. The fourth-order valence-electron chi connectivity index (χ4n) is 3.36. The van der Waals surface area contributed by atoms with Crippen LogP contribution in [0, 0.1) is 0 Å². The van der Waals surface area contributed by atoms with E-state index in [1.165, 1.54) is 0 Å². The van der Waals surface area contributed by atoms with Crippen molar-refractivity contribution >= 4 is 22.6 Å². The molecule has 1 N–H and O–H groups in total. The number of ether oxygens (including phenoxy) is 1. The van der Waals surface area contributed by atoms with E-state index in [0.29, 0.717) is 17.0 Å². The van der Waals surface area contributed by atoms with Gasteiger partial charge in [0.05, 0.1) is 24.3 Å². The van der Waals surface area contributed by atoms with Crippen LogP contribution in [0.3, 0.4) is 0 Å². The number of anilines is 1. The summed E-state index contributed by atoms with van der Waals surface area (Å²) >= 11 is 0. The van der Waals surface area contributed by atoms with Gasteiger partial charge in [-0.15, -0.1) is 0 Å². The standard InChI is InChI=1S/C17H19N3O3/c21-17(22)14-3-4-18-16-2-1-12(9-15(14)16)20-10-13(11-20)19-5-7-23-8-6-19/h1-4,9,13H,5-8,10-11H2,(H,21,22). The molecule has 2 fully saturated rings. The summed E-state index contributed by atoms with van der Waals surface area (Å²) in [4.78, 5) is 20.4. The van der Waals surface area contributed by atoms with Crippen LogP contribution in [0.15, 0.2) is 30.5 Å². The third kappa shape index (κ3) is 2.64. The Morgan fingerprint density at radius 1 is 1.22 bits per heavy atom. The van der Waals surface area contributed by atoms with Crippen LogP contribution in [0.4, 0.5) is 5.69 Å². The van der Waals surface area contributed by atoms with E-state index in [4.69, 9.17) is 4.74 Å². The Kier molecular flexibility index (Phi) is 3.63. The quantitative estimate of drug-likeness (QED) is 0.925. The van der Waals surface area contributed by atoms with Gasteiger partial charge in [0.1, 0.15) is 0 Å². The molecule has 2 aliphatic heterocycles. The van der Waals surface area contributed by atoms with Crippen molar-refractivity contribution in [3.8, 4) is 0 Å². The second kappa shape index (κ2) is 5.79. The summed E-state index contributed by atoms with van der Waals surface area (Å²) < 4.78 is 5.40. The minimum Gasteiger partial charge on any atom is -0.478 e. The molecule has 0 atom stereocenters. The smallest absolute Gasteiger partial charge is 0.336 e. The van der Waals surface area contributed by atoms with Gasteiger partial charge in [-0.1, -0.05) is 0 Å². The van der Waals surface area contributed by atoms with Crippen LogP contribution in [0.5, 0.6) is 0 Å². The lowest BCUT2D eigenvalue weighted by Gasteiger charge is -2.47. The maximum Gasteiger partial charge on any atom is 0.336 e. The summed E-state index contributed by atoms with van der Waals surface area (Å²) in [6.45, 7) is 5.61. The lowest BCUT2D eigenvalue weighted by Crippen LogP contribution is -2.61. The molecule has 4 rings (SSSR count). The van der Waals surface area contributed by atoms with Gasteiger partial charge in [-0.05, 0) is 24.3 Å². The van der Waals surface area contributed by atoms with Crippen LogP contribution >= 0.6 is 0 Å². The van der Waals surface area contributed by atoms with Crippen molar-refractivity contribution in [3.05, 3.63) is 36.0 Å². The van der Waals surface area contributed by atoms with Crippen LogP contribution < -0.4 is 4.90 Å². The summed E-state index contributed by atoms with van der Waals surface area (Å²) in [5.41, 5.74) is 2.10. The molecule has 0 spiro atoms. The average Bonchev–Trinajstić information content (AvgIpc) is 2.53. The van der Waals surface area contributed by atoms with Crippen molar-refractivity contribution in [3.63, 3.8) is 0 Å². The van der Waals surface area contributed by atoms with Crippen molar-refractivity contribution in [2.75, 3.05) is 44.3 Å². The first kappa shape index (κ1) is 14.4. The Morgan fingerprint density at radius 3 is 2.74 bits per heavy atom. The van der Waals surface area contributed by atoms with Gasteiger partial charge >= 0.3 is 5.97 Å².